The maximum Gasteiger partial charge on any atom is 0.410 e. The molecule has 0 spiro atoms. The number of likely N-dealkylation sites (tertiary alicyclic amines) is 1. The number of rotatable bonds is 2. The highest BCUT2D eigenvalue weighted by Crippen LogP contribution is 2.29. The SMILES string of the molecule is CC(C)(C)OC(=O)N1CC(c2cccnc2C(=O)O)C1. The molecule has 20 heavy (non-hydrogen) atoms. The molecule has 1 aliphatic rings. The van der Waals surface area contributed by atoms with Gasteiger partial charge in [0.2, 0.25) is 0 Å². The number of nitrogens with zero attached hydrogens (tertiary/aromatic N) is 2. The van der Waals surface area contributed by atoms with E-state index >= 15 is 0 Å². The van der Waals surface area contributed by atoms with Crippen molar-refractivity contribution < 1.29 is 19.4 Å². The molecule has 108 valence electrons. The highest BCUT2D eigenvalue weighted by molar-refractivity contribution is 5.87. The predicted molar refractivity (Wildman–Crippen MR) is 71.7 cm³/mol. The summed E-state index contributed by atoms with van der Waals surface area (Å²) in [6, 6.07) is 3.45. The van der Waals surface area contributed by atoms with Crippen LogP contribution in [0.25, 0.3) is 0 Å². The van der Waals surface area contributed by atoms with Gasteiger partial charge in [-0.1, -0.05) is 6.07 Å². The predicted octanol–water partition coefficient (Wildman–Crippen LogP) is 2.11. The summed E-state index contributed by atoms with van der Waals surface area (Å²) in [6.07, 6.45) is 1.09. The maximum absolute atomic E-state index is 11.8. The van der Waals surface area contributed by atoms with E-state index in [4.69, 9.17) is 9.84 Å². The number of aromatic carboxylic acids is 1. The van der Waals surface area contributed by atoms with Crippen LogP contribution >= 0.6 is 0 Å². The Morgan fingerprint density at radius 1 is 1.40 bits per heavy atom. The summed E-state index contributed by atoms with van der Waals surface area (Å²) in [5.41, 5.74) is 0.198. The Morgan fingerprint density at radius 2 is 2.05 bits per heavy atom. The smallest absolute Gasteiger partial charge is 0.410 e. The third-order valence-corrected chi connectivity index (χ3v) is 3.01. The average molecular weight is 278 g/mol. The molecule has 0 aliphatic carbocycles. The van der Waals surface area contributed by atoms with Gasteiger partial charge in [-0.3, -0.25) is 0 Å². The lowest BCUT2D eigenvalue weighted by Gasteiger charge is -2.40. The van der Waals surface area contributed by atoms with Crippen molar-refractivity contribution in [3.8, 4) is 0 Å². The summed E-state index contributed by atoms with van der Waals surface area (Å²) in [5, 5.41) is 9.09. The molecule has 1 amide bonds. The molecule has 0 atom stereocenters. The first-order valence-corrected chi connectivity index (χ1v) is 6.44. The summed E-state index contributed by atoms with van der Waals surface area (Å²) in [7, 11) is 0. The van der Waals surface area contributed by atoms with E-state index in [1.807, 2.05) is 20.8 Å². The van der Waals surface area contributed by atoms with Crippen LogP contribution < -0.4 is 0 Å². The molecule has 1 aromatic heterocycles. The standard InChI is InChI=1S/C14H18N2O4/c1-14(2,3)20-13(19)16-7-9(8-16)10-5-4-6-15-11(10)12(17)18/h4-6,9H,7-8H2,1-3H3,(H,17,18). The fourth-order valence-corrected chi connectivity index (χ4v) is 2.08. The summed E-state index contributed by atoms with van der Waals surface area (Å²) in [4.78, 5) is 28.4. The minimum atomic E-state index is -1.05. The average Bonchev–Trinajstić information content (AvgIpc) is 2.24. The van der Waals surface area contributed by atoms with E-state index in [1.54, 1.807) is 17.0 Å². The zero-order valence-electron chi connectivity index (χ0n) is 11.8. The van der Waals surface area contributed by atoms with Crippen LogP contribution in [0.1, 0.15) is 42.7 Å². The van der Waals surface area contributed by atoms with E-state index in [0.717, 1.165) is 0 Å². The lowest BCUT2D eigenvalue weighted by atomic mass is 9.90. The van der Waals surface area contributed by atoms with Crippen molar-refractivity contribution in [1.29, 1.82) is 0 Å². The minimum absolute atomic E-state index is 0.00215. The first kappa shape index (κ1) is 14.3. The second kappa shape index (κ2) is 5.11. The molecule has 0 saturated carbocycles. The zero-order chi connectivity index (χ0) is 14.9. The van der Waals surface area contributed by atoms with Gasteiger partial charge in [0, 0.05) is 25.2 Å². The molecule has 1 N–H and O–H groups in total. The van der Waals surface area contributed by atoms with E-state index in [1.165, 1.54) is 6.20 Å². The van der Waals surface area contributed by atoms with Crippen molar-refractivity contribution in [2.24, 2.45) is 0 Å². The van der Waals surface area contributed by atoms with E-state index in [-0.39, 0.29) is 17.7 Å². The van der Waals surface area contributed by atoms with E-state index in [9.17, 15) is 9.59 Å². The number of carboxylic acid groups (broad SMARTS) is 1. The van der Waals surface area contributed by atoms with Gasteiger partial charge >= 0.3 is 12.1 Å². The number of hydrogen-bond donors (Lipinski definition) is 1. The van der Waals surface area contributed by atoms with E-state index in [2.05, 4.69) is 4.98 Å². The van der Waals surface area contributed by atoms with Crippen molar-refractivity contribution in [3.63, 3.8) is 0 Å². The summed E-state index contributed by atoms with van der Waals surface area (Å²) < 4.78 is 5.26. The molecule has 1 fully saturated rings. The van der Waals surface area contributed by atoms with Gasteiger partial charge in [-0.2, -0.15) is 0 Å². The number of ether oxygens (including phenoxy) is 1. The van der Waals surface area contributed by atoms with Gasteiger partial charge in [0.1, 0.15) is 5.60 Å². The van der Waals surface area contributed by atoms with Crippen LogP contribution in [0.5, 0.6) is 0 Å². The highest BCUT2D eigenvalue weighted by Gasteiger charge is 2.36. The van der Waals surface area contributed by atoms with Crippen LogP contribution in [0, 0.1) is 0 Å². The largest absolute Gasteiger partial charge is 0.477 e. The van der Waals surface area contributed by atoms with Crippen LogP contribution in [0.2, 0.25) is 0 Å². The van der Waals surface area contributed by atoms with E-state index in [0.29, 0.717) is 18.7 Å². The number of aromatic nitrogens is 1. The second-order valence-electron chi connectivity index (χ2n) is 5.83. The van der Waals surface area contributed by atoms with Gasteiger partial charge in [-0.15, -0.1) is 0 Å². The number of hydrogen-bond acceptors (Lipinski definition) is 4. The van der Waals surface area contributed by atoms with Crippen LogP contribution in [0.3, 0.4) is 0 Å². The highest BCUT2D eigenvalue weighted by atomic mass is 16.6. The quantitative estimate of drug-likeness (QED) is 0.896. The van der Waals surface area contributed by atoms with Crippen molar-refractivity contribution in [1.82, 2.24) is 9.88 Å². The number of amides is 1. The molecule has 2 heterocycles. The van der Waals surface area contributed by atoms with Crippen LogP contribution in [0.15, 0.2) is 18.3 Å². The lowest BCUT2D eigenvalue weighted by Crippen LogP contribution is -2.50. The molecule has 0 unspecified atom stereocenters. The Morgan fingerprint density at radius 3 is 2.60 bits per heavy atom. The molecule has 6 heteroatoms. The molecule has 1 aliphatic heterocycles. The Hall–Kier alpha value is -2.11. The number of carbonyl (C=O) groups excluding carboxylic acids is 1. The Labute approximate surface area is 117 Å². The van der Waals surface area contributed by atoms with Gasteiger partial charge in [0.15, 0.2) is 5.69 Å². The first-order valence-electron chi connectivity index (χ1n) is 6.44. The number of carbonyl (C=O) groups is 2. The summed E-state index contributed by atoms with van der Waals surface area (Å²) >= 11 is 0. The van der Waals surface area contributed by atoms with Crippen molar-refractivity contribution in [2.45, 2.75) is 32.3 Å². The third-order valence-electron chi connectivity index (χ3n) is 3.01. The monoisotopic (exact) mass is 278 g/mol. The van der Waals surface area contributed by atoms with Gasteiger partial charge < -0.3 is 14.7 Å². The number of carboxylic acids is 1. The third kappa shape index (κ3) is 3.07. The molecule has 0 radical (unpaired) electrons. The van der Waals surface area contributed by atoms with Gasteiger partial charge in [0.25, 0.3) is 0 Å². The summed E-state index contributed by atoms with van der Waals surface area (Å²) in [5.74, 6) is -1.04. The van der Waals surface area contributed by atoms with Crippen LogP contribution in [-0.2, 0) is 4.74 Å². The molecule has 0 bridgehead atoms. The van der Waals surface area contributed by atoms with Crippen molar-refractivity contribution in [2.75, 3.05) is 13.1 Å². The Balaban J connectivity index is 2.00. The van der Waals surface area contributed by atoms with Crippen molar-refractivity contribution in [3.05, 3.63) is 29.6 Å². The van der Waals surface area contributed by atoms with E-state index < -0.39 is 11.6 Å². The van der Waals surface area contributed by atoms with Gasteiger partial charge in [-0.25, -0.2) is 14.6 Å². The van der Waals surface area contributed by atoms with Crippen LogP contribution in [0.4, 0.5) is 4.79 Å². The minimum Gasteiger partial charge on any atom is -0.477 e. The van der Waals surface area contributed by atoms with Crippen LogP contribution in [-0.4, -0.2) is 45.7 Å². The molecule has 0 aromatic carbocycles. The fraction of sp³-hybridized carbons (Fsp3) is 0.500. The molecule has 6 nitrogen and oxygen atoms in total. The number of pyridine rings is 1. The lowest BCUT2D eigenvalue weighted by molar-refractivity contribution is 0.00811. The Bertz CT molecular complexity index is 530. The molecule has 1 saturated heterocycles. The fourth-order valence-electron chi connectivity index (χ4n) is 2.08. The topological polar surface area (TPSA) is 79.7 Å². The molecular weight excluding hydrogens is 260 g/mol. The molecule has 1 aromatic rings. The van der Waals surface area contributed by atoms with Gasteiger partial charge in [0.05, 0.1) is 0 Å². The normalized spacial score (nSPS) is 15.7. The second-order valence-corrected chi connectivity index (χ2v) is 5.83. The first-order chi connectivity index (χ1) is 9.28. The zero-order valence-corrected chi connectivity index (χ0v) is 11.8. The molecule has 2 rings (SSSR count). The molecular formula is C14H18N2O4. The van der Waals surface area contributed by atoms with Crippen molar-refractivity contribution >= 4 is 12.1 Å². The maximum atomic E-state index is 11.8. The Kier molecular flexibility index (Phi) is 3.65. The van der Waals surface area contributed by atoms with Gasteiger partial charge in [-0.05, 0) is 32.4 Å². The summed E-state index contributed by atoms with van der Waals surface area (Å²) in [6.45, 7) is 6.35.